The summed E-state index contributed by atoms with van der Waals surface area (Å²) in [6.45, 7) is 8.40. The first kappa shape index (κ1) is 17.4. The summed E-state index contributed by atoms with van der Waals surface area (Å²) in [4.78, 5) is 22.6. The van der Waals surface area contributed by atoms with Gasteiger partial charge in [-0.25, -0.2) is 9.97 Å². The number of amides is 1. The summed E-state index contributed by atoms with van der Waals surface area (Å²) >= 11 is 0. The number of carbonyl (C=O) groups excluding carboxylic acids is 1. The van der Waals surface area contributed by atoms with E-state index in [-0.39, 0.29) is 5.91 Å². The molecule has 0 spiro atoms. The van der Waals surface area contributed by atoms with E-state index < -0.39 is 0 Å². The van der Waals surface area contributed by atoms with Crippen molar-refractivity contribution in [1.29, 1.82) is 0 Å². The van der Waals surface area contributed by atoms with Crippen molar-refractivity contribution in [2.75, 3.05) is 39.0 Å². The third-order valence-corrected chi connectivity index (χ3v) is 2.94. The topological polar surface area (TPSA) is 70.2 Å². The Hall–Kier alpha value is -1.69. The fraction of sp³-hybridized carbons (Fsp3) is 0.667. The number of nitrogens with zero attached hydrogens (tertiary/aromatic N) is 3. The first-order chi connectivity index (χ1) is 9.88. The minimum absolute atomic E-state index is 0.158. The molecular formula is C15H27N5O. The van der Waals surface area contributed by atoms with E-state index in [9.17, 15) is 4.79 Å². The van der Waals surface area contributed by atoms with Gasteiger partial charge < -0.3 is 15.5 Å². The van der Waals surface area contributed by atoms with Gasteiger partial charge in [0.25, 0.3) is 5.91 Å². The standard InChI is InChI=1S/C15H27N5O/c1-11(2)6-7-16-14-10-13(18-12(3)19-14)15(21)17-8-9-20(4)5/h10-11H,6-9H2,1-5H3,(H,17,21)(H,16,18,19). The molecule has 1 amide bonds. The number of aromatic nitrogens is 2. The minimum atomic E-state index is -0.158. The second-order valence-electron chi connectivity index (χ2n) is 5.85. The first-order valence-electron chi connectivity index (χ1n) is 7.41. The van der Waals surface area contributed by atoms with Gasteiger partial charge in [0, 0.05) is 25.7 Å². The summed E-state index contributed by atoms with van der Waals surface area (Å²) in [5.74, 6) is 1.78. The van der Waals surface area contributed by atoms with E-state index in [0.717, 1.165) is 19.5 Å². The predicted octanol–water partition coefficient (Wildman–Crippen LogP) is 1.53. The maximum atomic E-state index is 12.1. The summed E-state index contributed by atoms with van der Waals surface area (Å²) in [6, 6.07) is 1.71. The van der Waals surface area contributed by atoms with Crippen LogP contribution in [-0.2, 0) is 0 Å². The molecule has 0 bridgehead atoms. The number of hydrogen-bond donors (Lipinski definition) is 2. The van der Waals surface area contributed by atoms with Crippen LogP contribution >= 0.6 is 0 Å². The molecule has 118 valence electrons. The molecule has 0 unspecified atom stereocenters. The molecule has 1 aromatic rings. The second kappa shape index (κ2) is 8.56. The molecule has 0 aliphatic heterocycles. The molecule has 1 heterocycles. The summed E-state index contributed by atoms with van der Waals surface area (Å²) < 4.78 is 0. The Morgan fingerprint density at radius 2 is 2.00 bits per heavy atom. The van der Waals surface area contributed by atoms with Crippen LogP contribution in [0, 0.1) is 12.8 Å². The maximum Gasteiger partial charge on any atom is 0.270 e. The van der Waals surface area contributed by atoms with Crippen LogP contribution in [0.4, 0.5) is 5.82 Å². The molecule has 6 nitrogen and oxygen atoms in total. The van der Waals surface area contributed by atoms with E-state index in [0.29, 0.717) is 29.8 Å². The van der Waals surface area contributed by atoms with Crippen LogP contribution in [0.2, 0.25) is 0 Å². The molecule has 6 heteroatoms. The number of carbonyl (C=O) groups is 1. The molecule has 0 radical (unpaired) electrons. The third-order valence-electron chi connectivity index (χ3n) is 2.94. The van der Waals surface area contributed by atoms with Crippen LogP contribution in [-0.4, -0.2) is 54.5 Å². The van der Waals surface area contributed by atoms with Crippen LogP contribution in [0.1, 0.15) is 36.6 Å². The molecule has 0 aliphatic rings. The zero-order valence-electron chi connectivity index (χ0n) is 13.7. The van der Waals surface area contributed by atoms with Crippen LogP contribution in [0.15, 0.2) is 6.07 Å². The lowest BCUT2D eigenvalue weighted by Crippen LogP contribution is -2.32. The van der Waals surface area contributed by atoms with E-state index in [4.69, 9.17) is 0 Å². The third kappa shape index (κ3) is 7.04. The maximum absolute atomic E-state index is 12.1. The van der Waals surface area contributed by atoms with Crippen molar-refractivity contribution in [3.63, 3.8) is 0 Å². The quantitative estimate of drug-likeness (QED) is 0.761. The highest BCUT2D eigenvalue weighted by Gasteiger charge is 2.10. The smallest absolute Gasteiger partial charge is 0.270 e. The molecular weight excluding hydrogens is 266 g/mol. The van der Waals surface area contributed by atoms with Gasteiger partial charge in [-0.2, -0.15) is 0 Å². The van der Waals surface area contributed by atoms with Crippen LogP contribution in [0.25, 0.3) is 0 Å². The van der Waals surface area contributed by atoms with Gasteiger partial charge in [-0.1, -0.05) is 13.8 Å². The van der Waals surface area contributed by atoms with Gasteiger partial charge in [-0.3, -0.25) is 4.79 Å². The average Bonchev–Trinajstić information content (AvgIpc) is 2.37. The molecule has 0 aromatic carbocycles. The highest BCUT2D eigenvalue weighted by Crippen LogP contribution is 2.08. The first-order valence-corrected chi connectivity index (χ1v) is 7.41. The Morgan fingerprint density at radius 3 is 2.62 bits per heavy atom. The minimum Gasteiger partial charge on any atom is -0.370 e. The van der Waals surface area contributed by atoms with Crippen LogP contribution in [0.3, 0.4) is 0 Å². The fourth-order valence-electron chi connectivity index (χ4n) is 1.75. The lowest BCUT2D eigenvalue weighted by molar-refractivity contribution is 0.0945. The molecule has 0 saturated carbocycles. The average molecular weight is 293 g/mol. The Balaban J connectivity index is 2.61. The Morgan fingerprint density at radius 1 is 1.29 bits per heavy atom. The van der Waals surface area contributed by atoms with Crippen molar-refractivity contribution in [3.8, 4) is 0 Å². The molecule has 21 heavy (non-hydrogen) atoms. The largest absolute Gasteiger partial charge is 0.370 e. The molecule has 1 aromatic heterocycles. The fourth-order valence-corrected chi connectivity index (χ4v) is 1.75. The van der Waals surface area contributed by atoms with Gasteiger partial charge in [0.1, 0.15) is 17.3 Å². The summed E-state index contributed by atoms with van der Waals surface area (Å²) in [6.07, 6.45) is 1.06. The van der Waals surface area contributed by atoms with Crippen molar-refractivity contribution in [3.05, 3.63) is 17.6 Å². The number of anilines is 1. The van der Waals surface area contributed by atoms with E-state index >= 15 is 0 Å². The second-order valence-corrected chi connectivity index (χ2v) is 5.85. The van der Waals surface area contributed by atoms with Crippen molar-refractivity contribution >= 4 is 11.7 Å². The van der Waals surface area contributed by atoms with E-state index in [2.05, 4.69) is 34.4 Å². The van der Waals surface area contributed by atoms with Gasteiger partial charge in [0.15, 0.2) is 0 Å². The summed E-state index contributed by atoms with van der Waals surface area (Å²) in [5, 5.41) is 6.11. The number of aryl methyl sites for hydroxylation is 1. The molecule has 0 atom stereocenters. The van der Waals surface area contributed by atoms with Crippen molar-refractivity contribution < 1.29 is 4.79 Å². The van der Waals surface area contributed by atoms with Gasteiger partial charge >= 0.3 is 0 Å². The number of nitrogens with one attached hydrogen (secondary N) is 2. The van der Waals surface area contributed by atoms with Gasteiger partial charge in [-0.15, -0.1) is 0 Å². The zero-order valence-corrected chi connectivity index (χ0v) is 13.7. The van der Waals surface area contributed by atoms with E-state index in [1.807, 2.05) is 19.0 Å². The summed E-state index contributed by atoms with van der Waals surface area (Å²) in [5.41, 5.74) is 0.410. The lowest BCUT2D eigenvalue weighted by Gasteiger charge is -2.12. The molecule has 0 fully saturated rings. The summed E-state index contributed by atoms with van der Waals surface area (Å²) in [7, 11) is 3.94. The highest BCUT2D eigenvalue weighted by atomic mass is 16.1. The monoisotopic (exact) mass is 293 g/mol. The Bertz CT molecular complexity index is 459. The van der Waals surface area contributed by atoms with Crippen LogP contribution in [0.5, 0.6) is 0 Å². The molecule has 0 aliphatic carbocycles. The van der Waals surface area contributed by atoms with Crippen LogP contribution < -0.4 is 10.6 Å². The molecule has 2 N–H and O–H groups in total. The van der Waals surface area contributed by atoms with Gasteiger partial charge in [-0.05, 0) is 33.4 Å². The normalized spacial score (nSPS) is 11.0. The zero-order chi connectivity index (χ0) is 15.8. The van der Waals surface area contributed by atoms with Gasteiger partial charge in [0.05, 0.1) is 0 Å². The Labute approximate surface area is 127 Å². The lowest BCUT2D eigenvalue weighted by atomic mass is 10.1. The number of rotatable bonds is 8. The van der Waals surface area contributed by atoms with Gasteiger partial charge in [0.2, 0.25) is 0 Å². The predicted molar refractivity (Wildman–Crippen MR) is 85.6 cm³/mol. The molecule has 0 saturated heterocycles. The molecule has 1 rings (SSSR count). The highest BCUT2D eigenvalue weighted by molar-refractivity contribution is 5.92. The SMILES string of the molecule is Cc1nc(NCCC(C)C)cc(C(=O)NCCN(C)C)n1. The van der Waals surface area contributed by atoms with Crippen molar-refractivity contribution in [2.24, 2.45) is 5.92 Å². The van der Waals surface area contributed by atoms with Crippen molar-refractivity contribution in [1.82, 2.24) is 20.2 Å². The van der Waals surface area contributed by atoms with E-state index in [1.54, 1.807) is 13.0 Å². The van der Waals surface area contributed by atoms with E-state index in [1.165, 1.54) is 0 Å². The number of hydrogen-bond acceptors (Lipinski definition) is 5. The van der Waals surface area contributed by atoms with Crippen molar-refractivity contribution in [2.45, 2.75) is 27.2 Å². The number of likely N-dealkylation sites (N-methyl/N-ethyl adjacent to an activating group) is 1. The Kier molecular flexibility index (Phi) is 7.08.